The highest BCUT2D eigenvalue weighted by atomic mass is 16.1. The number of nitrogens with one attached hydrogen (secondary N) is 2. The molecule has 5 rings (SSSR count). The van der Waals surface area contributed by atoms with E-state index in [1.807, 2.05) is 42.6 Å². The highest BCUT2D eigenvalue weighted by Gasteiger charge is 2.27. The van der Waals surface area contributed by atoms with E-state index in [4.69, 9.17) is 0 Å². The minimum absolute atomic E-state index is 0.191. The summed E-state index contributed by atoms with van der Waals surface area (Å²) in [5.41, 5.74) is 1.51. The highest BCUT2D eigenvalue weighted by molar-refractivity contribution is 5.87. The third-order valence-electron chi connectivity index (χ3n) is 5.21. The van der Waals surface area contributed by atoms with Gasteiger partial charge in [0.2, 0.25) is 0 Å². The van der Waals surface area contributed by atoms with Crippen molar-refractivity contribution in [3.05, 3.63) is 65.2 Å². The third-order valence-corrected chi connectivity index (χ3v) is 5.21. The summed E-state index contributed by atoms with van der Waals surface area (Å²) < 4.78 is 1.69. The van der Waals surface area contributed by atoms with Crippen molar-refractivity contribution in [2.24, 2.45) is 0 Å². The van der Waals surface area contributed by atoms with Crippen LogP contribution in [0.3, 0.4) is 0 Å². The first kappa shape index (κ1) is 15.8. The second-order valence-electron chi connectivity index (χ2n) is 6.76. The topological polar surface area (TPSA) is 95.5 Å². The number of hydrogen-bond donors (Lipinski definition) is 2. The molecule has 0 unspecified atom stereocenters. The fraction of sp³-hybridized carbons (Fsp3) is 0.263. The maximum absolute atomic E-state index is 12.3. The van der Waals surface area contributed by atoms with E-state index in [1.165, 1.54) is 0 Å². The van der Waals surface area contributed by atoms with Gasteiger partial charge in [0.15, 0.2) is 0 Å². The second kappa shape index (κ2) is 6.39. The molecule has 0 aliphatic carbocycles. The molecular formula is C19H19N7O. The molecule has 8 heteroatoms. The summed E-state index contributed by atoms with van der Waals surface area (Å²) in [5, 5.41) is 7.99. The Morgan fingerprint density at radius 2 is 1.85 bits per heavy atom. The number of aromatic amines is 2. The Bertz CT molecular complexity index is 1120. The van der Waals surface area contributed by atoms with Crippen LogP contribution in [0, 0.1) is 0 Å². The van der Waals surface area contributed by atoms with Crippen LogP contribution < -0.4 is 10.6 Å². The average Bonchev–Trinajstić information content (AvgIpc) is 3.35. The molecule has 0 bridgehead atoms. The van der Waals surface area contributed by atoms with E-state index >= 15 is 0 Å². The van der Waals surface area contributed by atoms with Crippen LogP contribution in [0.15, 0.2) is 53.7 Å². The van der Waals surface area contributed by atoms with Gasteiger partial charge in [0, 0.05) is 25.2 Å². The summed E-state index contributed by atoms with van der Waals surface area (Å²) >= 11 is 0. The Balaban J connectivity index is 1.40. The van der Waals surface area contributed by atoms with Crippen LogP contribution in [-0.2, 0) is 0 Å². The van der Waals surface area contributed by atoms with E-state index in [0.29, 0.717) is 0 Å². The van der Waals surface area contributed by atoms with Crippen LogP contribution in [0.4, 0.5) is 5.82 Å². The van der Waals surface area contributed by atoms with E-state index < -0.39 is 0 Å². The smallest absolute Gasteiger partial charge is 0.347 e. The third kappa shape index (κ3) is 2.69. The zero-order valence-corrected chi connectivity index (χ0v) is 14.7. The highest BCUT2D eigenvalue weighted by Crippen LogP contribution is 2.31. The van der Waals surface area contributed by atoms with Crippen molar-refractivity contribution in [3.8, 4) is 5.69 Å². The molecular weight excluding hydrogens is 342 g/mol. The van der Waals surface area contributed by atoms with Gasteiger partial charge in [0.1, 0.15) is 23.6 Å². The van der Waals surface area contributed by atoms with E-state index in [9.17, 15) is 4.79 Å². The molecule has 4 aromatic rings. The molecule has 0 atom stereocenters. The largest absolute Gasteiger partial charge is 0.356 e. The van der Waals surface area contributed by atoms with Gasteiger partial charge in [0.05, 0.1) is 11.1 Å². The van der Waals surface area contributed by atoms with Gasteiger partial charge in [-0.1, -0.05) is 18.2 Å². The molecule has 1 aromatic carbocycles. The number of H-pyrrole nitrogens is 2. The van der Waals surface area contributed by atoms with Crippen LogP contribution in [0.25, 0.3) is 16.7 Å². The summed E-state index contributed by atoms with van der Waals surface area (Å²) in [5.74, 6) is 1.99. The van der Waals surface area contributed by atoms with Crippen molar-refractivity contribution >= 4 is 16.9 Å². The molecule has 1 aliphatic rings. The van der Waals surface area contributed by atoms with Crippen molar-refractivity contribution in [1.82, 2.24) is 29.7 Å². The molecule has 0 saturated carbocycles. The van der Waals surface area contributed by atoms with Gasteiger partial charge in [-0.25, -0.2) is 24.4 Å². The van der Waals surface area contributed by atoms with E-state index in [-0.39, 0.29) is 11.6 Å². The number of fused-ring (bicyclic) bond motifs is 1. The van der Waals surface area contributed by atoms with Gasteiger partial charge in [-0.2, -0.15) is 5.10 Å². The maximum Gasteiger partial charge on any atom is 0.347 e. The molecule has 0 spiro atoms. The number of anilines is 1. The fourth-order valence-corrected chi connectivity index (χ4v) is 3.87. The minimum atomic E-state index is -0.191. The van der Waals surface area contributed by atoms with Crippen molar-refractivity contribution < 1.29 is 0 Å². The summed E-state index contributed by atoms with van der Waals surface area (Å²) in [6, 6.07) is 11.7. The molecule has 1 saturated heterocycles. The van der Waals surface area contributed by atoms with Gasteiger partial charge in [-0.15, -0.1) is 0 Å². The lowest BCUT2D eigenvalue weighted by Gasteiger charge is -2.32. The first-order valence-electron chi connectivity index (χ1n) is 9.07. The molecule has 2 N–H and O–H groups in total. The van der Waals surface area contributed by atoms with Gasteiger partial charge in [0.25, 0.3) is 0 Å². The first-order chi connectivity index (χ1) is 13.3. The van der Waals surface area contributed by atoms with E-state index in [0.717, 1.165) is 54.3 Å². The summed E-state index contributed by atoms with van der Waals surface area (Å²) in [4.78, 5) is 26.5. The predicted molar refractivity (Wildman–Crippen MR) is 102 cm³/mol. The van der Waals surface area contributed by atoms with Crippen LogP contribution in [0.5, 0.6) is 0 Å². The zero-order valence-electron chi connectivity index (χ0n) is 14.7. The lowest BCUT2D eigenvalue weighted by atomic mass is 9.95. The molecule has 0 amide bonds. The molecule has 27 heavy (non-hydrogen) atoms. The van der Waals surface area contributed by atoms with Crippen LogP contribution in [0.2, 0.25) is 0 Å². The fourth-order valence-electron chi connectivity index (χ4n) is 3.87. The monoisotopic (exact) mass is 361 g/mol. The van der Waals surface area contributed by atoms with Gasteiger partial charge in [-0.3, -0.25) is 0 Å². The molecule has 0 radical (unpaired) electrons. The molecule has 1 aliphatic heterocycles. The summed E-state index contributed by atoms with van der Waals surface area (Å²) in [6.45, 7) is 1.72. The normalized spacial score (nSPS) is 15.5. The number of hydrogen-bond acceptors (Lipinski definition) is 5. The summed E-state index contributed by atoms with van der Waals surface area (Å²) in [7, 11) is 0. The lowest BCUT2D eigenvalue weighted by Crippen LogP contribution is -2.34. The molecule has 1 fully saturated rings. The number of nitrogens with zero attached hydrogens (tertiary/aromatic N) is 5. The Labute approximate surface area is 154 Å². The Morgan fingerprint density at radius 3 is 2.67 bits per heavy atom. The Kier molecular flexibility index (Phi) is 3.74. The number of aromatic nitrogens is 6. The van der Waals surface area contributed by atoms with Gasteiger partial charge in [-0.05, 0) is 31.0 Å². The van der Waals surface area contributed by atoms with E-state index in [1.54, 1.807) is 10.9 Å². The number of benzene rings is 1. The van der Waals surface area contributed by atoms with Crippen molar-refractivity contribution in [2.45, 2.75) is 18.8 Å². The first-order valence-corrected chi connectivity index (χ1v) is 9.07. The van der Waals surface area contributed by atoms with Crippen LogP contribution in [-0.4, -0.2) is 42.8 Å². The number of piperidine rings is 1. The maximum atomic E-state index is 12.3. The molecule has 3 aromatic heterocycles. The van der Waals surface area contributed by atoms with Crippen molar-refractivity contribution in [1.29, 1.82) is 0 Å². The quantitative estimate of drug-likeness (QED) is 0.583. The Morgan fingerprint density at radius 1 is 1.04 bits per heavy atom. The van der Waals surface area contributed by atoms with Crippen molar-refractivity contribution in [2.75, 3.05) is 18.0 Å². The van der Waals surface area contributed by atoms with E-state index in [2.05, 4.69) is 30.0 Å². The van der Waals surface area contributed by atoms with Gasteiger partial charge < -0.3 is 9.88 Å². The standard InChI is InChI=1S/C19H19N7O/c27-19-24-23-17(26(19)14-4-2-1-3-5-14)13-7-10-25(11-8-13)18-15-6-9-20-16(15)21-12-22-18/h1-6,9,12-13H,7-8,10-11H2,(H,24,27)(H,20,21,22). The number of rotatable bonds is 3. The molecule has 4 heterocycles. The average molecular weight is 361 g/mol. The SMILES string of the molecule is O=c1[nH]nc(C2CCN(c3ncnc4[nH]ccc34)CC2)n1-c1ccccc1. The second-order valence-corrected chi connectivity index (χ2v) is 6.76. The molecule has 8 nitrogen and oxygen atoms in total. The zero-order chi connectivity index (χ0) is 18.2. The van der Waals surface area contributed by atoms with Gasteiger partial charge >= 0.3 is 5.69 Å². The van der Waals surface area contributed by atoms with Crippen LogP contribution >= 0.6 is 0 Å². The number of para-hydroxylation sites is 1. The van der Waals surface area contributed by atoms with Crippen LogP contribution in [0.1, 0.15) is 24.6 Å². The lowest BCUT2D eigenvalue weighted by molar-refractivity contribution is 0.478. The minimum Gasteiger partial charge on any atom is -0.356 e. The van der Waals surface area contributed by atoms with Crippen molar-refractivity contribution in [3.63, 3.8) is 0 Å². The predicted octanol–water partition coefficient (Wildman–Crippen LogP) is 2.22. The summed E-state index contributed by atoms with van der Waals surface area (Å²) in [6.07, 6.45) is 5.30. The molecule has 136 valence electrons. The Hall–Kier alpha value is -3.42.